The highest BCUT2D eigenvalue weighted by Crippen LogP contribution is 2.27. The molecular weight excluding hydrogens is 424 g/mol. The molecule has 0 spiro atoms. The average molecular weight is 451 g/mol. The molecule has 170 valence electrons. The van der Waals surface area contributed by atoms with E-state index in [4.69, 9.17) is 5.10 Å². The summed E-state index contributed by atoms with van der Waals surface area (Å²) in [7, 11) is 0. The standard InChI is InChI=1S/C27H26N6O/c1-3-4-14-31(27(34)23-9-5-6-13-29-23)22-11-10-20(2)25(17-22)32-15-16-33-26(32)18-24(30-33)21-8-7-12-28-19-21/h5-13,15-19H,3-4,14H2,1-2H3. The molecule has 1 amide bonds. The van der Waals surface area contributed by atoms with Gasteiger partial charge in [0.1, 0.15) is 11.3 Å². The Morgan fingerprint density at radius 1 is 1.03 bits per heavy atom. The van der Waals surface area contributed by atoms with Crippen molar-refractivity contribution in [1.29, 1.82) is 0 Å². The molecule has 4 aromatic heterocycles. The molecule has 7 heteroatoms. The number of hydrogen-bond acceptors (Lipinski definition) is 4. The van der Waals surface area contributed by atoms with Gasteiger partial charge in [0, 0.05) is 54.8 Å². The Morgan fingerprint density at radius 2 is 1.94 bits per heavy atom. The fourth-order valence-corrected chi connectivity index (χ4v) is 4.06. The van der Waals surface area contributed by atoms with Crippen molar-refractivity contribution in [2.24, 2.45) is 0 Å². The number of hydrogen-bond donors (Lipinski definition) is 0. The van der Waals surface area contributed by atoms with Gasteiger partial charge in [-0.15, -0.1) is 0 Å². The zero-order valence-electron chi connectivity index (χ0n) is 19.3. The van der Waals surface area contributed by atoms with Crippen LogP contribution in [0.2, 0.25) is 0 Å². The number of nitrogens with zero attached hydrogens (tertiary/aromatic N) is 6. The van der Waals surface area contributed by atoms with Crippen LogP contribution >= 0.6 is 0 Å². The molecule has 0 bridgehead atoms. The van der Waals surface area contributed by atoms with Gasteiger partial charge in [-0.2, -0.15) is 5.10 Å². The smallest absolute Gasteiger partial charge is 0.276 e. The zero-order chi connectivity index (χ0) is 23.5. The maximum absolute atomic E-state index is 13.3. The summed E-state index contributed by atoms with van der Waals surface area (Å²) in [4.78, 5) is 23.7. The van der Waals surface area contributed by atoms with Gasteiger partial charge in [0.05, 0.1) is 11.4 Å². The maximum Gasteiger partial charge on any atom is 0.276 e. The molecule has 7 nitrogen and oxygen atoms in total. The highest BCUT2D eigenvalue weighted by Gasteiger charge is 2.20. The van der Waals surface area contributed by atoms with Gasteiger partial charge >= 0.3 is 0 Å². The number of unbranched alkanes of at least 4 members (excludes halogenated alkanes) is 1. The first-order valence-electron chi connectivity index (χ1n) is 11.5. The van der Waals surface area contributed by atoms with Crippen molar-refractivity contribution in [1.82, 2.24) is 24.1 Å². The normalized spacial score (nSPS) is 11.1. The van der Waals surface area contributed by atoms with Crippen molar-refractivity contribution in [2.45, 2.75) is 26.7 Å². The molecule has 0 saturated heterocycles. The lowest BCUT2D eigenvalue weighted by Gasteiger charge is -2.24. The molecule has 0 saturated carbocycles. The van der Waals surface area contributed by atoms with E-state index in [1.807, 2.05) is 58.3 Å². The van der Waals surface area contributed by atoms with Crippen molar-refractivity contribution < 1.29 is 4.79 Å². The number of aromatic nitrogens is 5. The van der Waals surface area contributed by atoms with Crippen molar-refractivity contribution >= 4 is 17.2 Å². The number of amides is 1. The summed E-state index contributed by atoms with van der Waals surface area (Å²) in [5.41, 5.74) is 6.17. The molecule has 5 aromatic rings. The number of carbonyl (C=O) groups is 1. The molecule has 0 aliphatic heterocycles. The Hall–Kier alpha value is -4.26. The van der Waals surface area contributed by atoms with Crippen molar-refractivity contribution in [3.8, 4) is 16.9 Å². The Balaban J connectivity index is 1.56. The Bertz CT molecular complexity index is 1420. The number of benzene rings is 1. The number of aryl methyl sites for hydroxylation is 1. The molecule has 5 rings (SSSR count). The Kier molecular flexibility index (Phi) is 5.91. The highest BCUT2D eigenvalue weighted by molar-refractivity contribution is 6.04. The predicted octanol–water partition coefficient (Wildman–Crippen LogP) is 5.34. The lowest BCUT2D eigenvalue weighted by molar-refractivity contribution is 0.0982. The van der Waals surface area contributed by atoms with Gasteiger partial charge in [0.2, 0.25) is 0 Å². The lowest BCUT2D eigenvalue weighted by atomic mass is 10.1. The minimum atomic E-state index is -0.0928. The van der Waals surface area contributed by atoms with E-state index < -0.39 is 0 Å². The van der Waals surface area contributed by atoms with Crippen LogP contribution < -0.4 is 4.90 Å². The fraction of sp³-hybridized carbons (Fsp3) is 0.185. The number of anilines is 1. The first-order chi connectivity index (χ1) is 16.7. The molecule has 0 radical (unpaired) electrons. The van der Waals surface area contributed by atoms with Crippen molar-refractivity contribution in [3.63, 3.8) is 0 Å². The molecule has 34 heavy (non-hydrogen) atoms. The van der Waals surface area contributed by atoms with Crippen LogP contribution in [0.4, 0.5) is 5.69 Å². The molecule has 0 atom stereocenters. The Labute approximate surface area is 198 Å². The summed E-state index contributed by atoms with van der Waals surface area (Å²) >= 11 is 0. The quantitative estimate of drug-likeness (QED) is 0.336. The minimum absolute atomic E-state index is 0.0928. The van der Waals surface area contributed by atoms with Gasteiger partial charge in [-0.25, -0.2) is 4.52 Å². The largest absolute Gasteiger partial charge is 0.307 e. The van der Waals surface area contributed by atoms with Gasteiger partial charge in [-0.3, -0.25) is 19.3 Å². The van der Waals surface area contributed by atoms with Crippen LogP contribution in [0.15, 0.2) is 85.6 Å². The van der Waals surface area contributed by atoms with E-state index >= 15 is 0 Å². The second kappa shape index (κ2) is 9.31. The van der Waals surface area contributed by atoms with Crippen LogP contribution in [0, 0.1) is 6.92 Å². The maximum atomic E-state index is 13.3. The van der Waals surface area contributed by atoms with E-state index in [0.29, 0.717) is 12.2 Å². The van der Waals surface area contributed by atoms with Gasteiger partial charge in [0.25, 0.3) is 5.91 Å². The summed E-state index contributed by atoms with van der Waals surface area (Å²) in [6.07, 6.45) is 11.1. The fourth-order valence-electron chi connectivity index (χ4n) is 4.06. The SMILES string of the molecule is CCCCN(C(=O)c1ccccn1)c1ccc(C)c(-n2ccn3nc(-c4cccnc4)cc23)c1. The molecule has 0 fully saturated rings. The topological polar surface area (TPSA) is 68.3 Å². The molecule has 4 heterocycles. The predicted molar refractivity (Wildman–Crippen MR) is 133 cm³/mol. The average Bonchev–Trinajstić information content (AvgIpc) is 3.47. The van der Waals surface area contributed by atoms with Crippen molar-refractivity contribution in [2.75, 3.05) is 11.4 Å². The second-order valence-electron chi connectivity index (χ2n) is 8.24. The number of pyridine rings is 2. The van der Waals surface area contributed by atoms with E-state index in [9.17, 15) is 4.79 Å². The van der Waals surface area contributed by atoms with E-state index in [-0.39, 0.29) is 5.91 Å². The third kappa shape index (κ3) is 4.08. The van der Waals surface area contributed by atoms with Crippen LogP contribution in [0.3, 0.4) is 0 Å². The van der Waals surface area contributed by atoms with E-state index in [2.05, 4.69) is 46.6 Å². The number of rotatable bonds is 7. The summed E-state index contributed by atoms with van der Waals surface area (Å²) in [6.45, 7) is 4.83. The summed E-state index contributed by atoms with van der Waals surface area (Å²) in [5, 5.41) is 4.71. The first-order valence-corrected chi connectivity index (χ1v) is 11.5. The molecule has 0 aliphatic carbocycles. The van der Waals surface area contributed by atoms with E-state index in [1.54, 1.807) is 18.5 Å². The van der Waals surface area contributed by atoms with Gasteiger partial charge in [-0.1, -0.05) is 25.5 Å². The monoisotopic (exact) mass is 450 g/mol. The molecule has 0 unspecified atom stereocenters. The third-order valence-corrected chi connectivity index (χ3v) is 5.91. The Morgan fingerprint density at radius 3 is 2.71 bits per heavy atom. The summed E-state index contributed by atoms with van der Waals surface area (Å²) in [6, 6.07) is 17.5. The van der Waals surface area contributed by atoms with Crippen LogP contribution in [0.1, 0.15) is 35.8 Å². The second-order valence-corrected chi connectivity index (χ2v) is 8.24. The van der Waals surface area contributed by atoms with Crippen LogP contribution in [0.5, 0.6) is 0 Å². The third-order valence-electron chi connectivity index (χ3n) is 5.91. The van der Waals surface area contributed by atoms with E-state index in [0.717, 1.165) is 46.7 Å². The lowest BCUT2D eigenvalue weighted by Crippen LogP contribution is -2.32. The molecular formula is C27H26N6O. The molecule has 0 aliphatic rings. The van der Waals surface area contributed by atoms with E-state index in [1.165, 1.54) is 0 Å². The summed E-state index contributed by atoms with van der Waals surface area (Å²) < 4.78 is 3.97. The summed E-state index contributed by atoms with van der Waals surface area (Å²) in [5.74, 6) is -0.0928. The zero-order valence-corrected chi connectivity index (χ0v) is 19.3. The molecule has 1 aromatic carbocycles. The van der Waals surface area contributed by atoms with Crippen molar-refractivity contribution in [3.05, 3.63) is 96.8 Å². The minimum Gasteiger partial charge on any atom is -0.307 e. The molecule has 0 N–H and O–H groups in total. The number of fused-ring (bicyclic) bond motifs is 1. The van der Waals surface area contributed by atoms with Crippen LogP contribution in [-0.2, 0) is 0 Å². The van der Waals surface area contributed by atoms with Gasteiger partial charge in [-0.05, 0) is 55.3 Å². The van der Waals surface area contributed by atoms with Crippen LogP contribution in [0.25, 0.3) is 22.6 Å². The number of carbonyl (C=O) groups excluding carboxylic acids is 1. The first kappa shape index (κ1) is 21.6. The van der Waals surface area contributed by atoms with Gasteiger partial charge in [0.15, 0.2) is 0 Å². The van der Waals surface area contributed by atoms with Gasteiger partial charge < -0.3 is 4.90 Å². The van der Waals surface area contributed by atoms with Crippen LogP contribution in [-0.4, -0.2) is 36.6 Å². The number of imidazole rings is 1. The highest BCUT2D eigenvalue weighted by atomic mass is 16.2.